The molecule has 0 radical (unpaired) electrons. The summed E-state index contributed by atoms with van der Waals surface area (Å²) in [5.41, 5.74) is 2.77. The number of hydrogen-bond donors (Lipinski definition) is 1. The zero-order valence-electron chi connectivity index (χ0n) is 11.9. The molecule has 2 aromatic rings. The molecule has 9 heteroatoms. The molecule has 1 saturated heterocycles. The molecule has 1 aromatic carbocycles. The van der Waals surface area contributed by atoms with Crippen LogP contribution in [0.25, 0.3) is 0 Å². The lowest BCUT2D eigenvalue weighted by Crippen LogP contribution is -2.45. The highest BCUT2D eigenvalue weighted by atomic mass is 32.2. The second-order valence-corrected chi connectivity index (χ2v) is 7.61. The third kappa shape index (κ3) is 3.61. The average molecular weight is 339 g/mol. The molecule has 0 aliphatic carbocycles. The van der Waals surface area contributed by atoms with E-state index in [4.69, 9.17) is 5.14 Å². The summed E-state index contributed by atoms with van der Waals surface area (Å²) in [7, 11) is -3.63. The molecular formula is C13H17N5O2S2. The summed E-state index contributed by atoms with van der Waals surface area (Å²) in [5, 5.41) is 14.1. The molecular weight excluding hydrogens is 322 g/mol. The molecule has 1 fully saturated rings. The molecule has 1 aliphatic heterocycles. The Balaban J connectivity index is 1.59. The predicted octanol–water partition coefficient (Wildman–Crippen LogP) is 0.508. The highest BCUT2D eigenvalue weighted by Crippen LogP contribution is 2.19. The number of piperazine rings is 1. The van der Waals surface area contributed by atoms with Gasteiger partial charge in [0.25, 0.3) is 0 Å². The lowest BCUT2D eigenvalue weighted by molar-refractivity contribution is 0.249. The number of benzene rings is 1. The fraction of sp³-hybridized carbons (Fsp3) is 0.385. The molecule has 118 valence electrons. The molecule has 0 spiro atoms. The SMILES string of the molecule is NS(=O)(=O)c1ccc(N2CCN(Cc3nncs3)CC2)cc1. The summed E-state index contributed by atoms with van der Waals surface area (Å²) in [6.45, 7) is 4.51. The van der Waals surface area contributed by atoms with E-state index in [0.717, 1.165) is 43.4 Å². The van der Waals surface area contributed by atoms with E-state index in [1.807, 2.05) is 0 Å². The van der Waals surface area contributed by atoms with Crippen molar-refractivity contribution >= 4 is 27.0 Å². The van der Waals surface area contributed by atoms with Gasteiger partial charge in [0.05, 0.1) is 11.4 Å². The minimum absolute atomic E-state index is 0.145. The van der Waals surface area contributed by atoms with Gasteiger partial charge in [-0.15, -0.1) is 21.5 Å². The summed E-state index contributed by atoms with van der Waals surface area (Å²) < 4.78 is 22.5. The number of sulfonamides is 1. The van der Waals surface area contributed by atoms with Crippen molar-refractivity contribution in [2.24, 2.45) is 5.14 Å². The highest BCUT2D eigenvalue weighted by Gasteiger charge is 2.18. The van der Waals surface area contributed by atoms with Gasteiger partial charge in [0, 0.05) is 31.9 Å². The minimum Gasteiger partial charge on any atom is -0.369 e. The molecule has 7 nitrogen and oxygen atoms in total. The molecule has 1 aromatic heterocycles. The Bertz CT molecular complexity index is 707. The van der Waals surface area contributed by atoms with Gasteiger partial charge in [0.2, 0.25) is 10.0 Å². The molecule has 0 unspecified atom stereocenters. The fourth-order valence-electron chi connectivity index (χ4n) is 2.47. The molecule has 22 heavy (non-hydrogen) atoms. The van der Waals surface area contributed by atoms with Crippen LogP contribution in [0.2, 0.25) is 0 Å². The van der Waals surface area contributed by atoms with Crippen molar-refractivity contribution in [3.63, 3.8) is 0 Å². The van der Waals surface area contributed by atoms with Crippen LogP contribution in [0.5, 0.6) is 0 Å². The van der Waals surface area contributed by atoms with Crippen molar-refractivity contribution in [3.05, 3.63) is 34.8 Å². The molecule has 0 atom stereocenters. The van der Waals surface area contributed by atoms with Crippen molar-refractivity contribution in [2.75, 3.05) is 31.1 Å². The monoisotopic (exact) mass is 339 g/mol. The Morgan fingerprint density at radius 3 is 2.36 bits per heavy atom. The fourth-order valence-corrected chi connectivity index (χ4v) is 3.55. The van der Waals surface area contributed by atoms with Crippen molar-refractivity contribution in [2.45, 2.75) is 11.4 Å². The van der Waals surface area contributed by atoms with Gasteiger partial charge in [-0.3, -0.25) is 4.90 Å². The summed E-state index contributed by atoms with van der Waals surface area (Å²) in [6.07, 6.45) is 0. The Labute approximate surface area is 133 Å². The summed E-state index contributed by atoms with van der Waals surface area (Å²) in [6, 6.07) is 6.72. The normalized spacial score (nSPS) is 16.9. The van der Waals surface area contributed by atoms with Gasteiger partial charge in [0.1, 0.15) is 10.5 Å². The van der Waals surface area contributed by atoms with Crippen LogP contribution in [0.4, 0.5) is 5.69 Å². The first-order valence-electron chi connectivity index (χ1n) is 6.87. The lowest BCUT2D eigenvalue weighted by atomic mass is 10.2. The first kappa shape index (κ1) is 15.3. The Morgan fingerprint density at radius 2 is 1.82 bits per heavy atom. The smallest absolute Gasteiger partial charge is 0.238 e. The molecule has 0 amide bonds. The van der Waals surface area contributed by atoms with E-state index in [1.54, 1.807) is 41.1 Å². The van der Waals surface area contributed by atoms with Gasteiger partial charge < -0.3 is 4.90 Å². The summed E-state index contributed by atoms with van der Waals surface area (Å²) in [5.74, 6) is 0. The van der Waals surface area contributed by atoms with Crippen LogP contribution in [-0.4, -0.2) is 49.7 Å². The van der Waals surface area contributed by atoms with Crippen molar-refractivity contribution < 1.29 is 8.42 Å². The Morgan fingerprint density at radius 1 is 1.14 bits per heavy atom. The van der Waals surface area contributed by atoms with Gasteiger partial charge in [-0.1, -0.05) is 0 Å². The maximum absolute atomic E-state index is 11.3. The first-order valence-corrected chi connectivity index (χ1v) is 9.30. The molecule has 1 aliphatic rings. The maximum atomic E-state index is 11.3. The zero-order valence-corrected chi connectivity index (χ0v) is 13.6. The van der Waals surface area contributed by atoms with Crippen LogP contribution in [0, 0.1) is 0 Å². The third-order valence-corrected chi connectivity index (χ3v) is 5.28. The topological polar surface area (TPSA) is 92.4 Å². The van der Waals surface area contributed by atoms with E-state index in [1.165, 1.54) is 0 Å². The number of rotatable bonds is 4. The van der Waals surface area contributed by atoms with Gasteiger partial charge in [0.15, 0.2) is 0 Å². The van der Waals surface area contributed by atoms with E-state index in [2.05, 4.69) is 20.0 Å². The Hall–Kier alpha value is -1.55. The largest absolute Gasteiger partial charge is 0.369 e. The second kappa shape index (κ2) is 6.29. The molecule has 2 heterocycles. The van der Waals surface area contributed by atoms with E-state index in [-0.39, 0.29) is 4.90 Å². The van der Waals surface area contributed by atoms with Crippen molar-refractivity contribution in [3.8, 4) is 0 Å². The number of aromatic nitrogens is 2. The minimum atomic E-state index is -3.63. The average Bonchev–Trinajstić information content (AvgIpc) is 3.00. The molecule has 0 saturated carbocycles. The van der Waals surface area contributed by atoms with E-state index in [9.17, 15) is 8.42 Å². The third-order valence-electron chi connectivity index (χ3n) is 3.67. The van der Waals surface area contributed by atoms with Crippen LogP contribution < -0.4 is 10.0 Å². The van der Waals surface area contributed by atoms with Gasteiger partial charge in [-0.05, 0) is 24.3 Å². The Kier molecular flexibility index (Phi) is 4.39. The zero-order chi connectivity index (χ0) is 15.6. The number of anilines is 1. The van der Waals surface area contributed by atoms with Crippen LogP contribution in [0.1, 0.15) is 5.01 Å². The van der Waals surface area contributed by atoms with Crippen LogP contribution in [-0.2, 0) is 16.6 Å². The van der Waals surface area contributed by atoms with E-state index < -0.39 is 10.0 Å². The highest BCUT2D eigenvalue weighted by molar-refractivity contribution is 7.89. The predicted molar refractivity (Wildman–Crippen MR) is 85.2 cm³/mol. The second-order valence-electron chi connectivity index (χ2n) is 5.13. The van der Waals surface area contributed by atoms with Gasteiger partial charge >= 0.3 is 0 Å². The van der Waals surface area contributed by atoms with E-state index >= 15 is 0 Å². The molecule has 3 rings (SSSR count). The van der Waals surface area contributed by atoms with E-state index in [0.29, 0.717) is 0 Å². The number of nitrogens with zero attached hydrogens (tertiary/aromatic N) is 4. The maximum Gasteiger partial charge on any atom is 0.238 e. The number of nitrogens with two attached hydrogens (primary N) is 1. The quantitative estimate of drug-likeness (QED) is 0.872. The summed E-state index contributed by atoms with van der Waals surface area (Å²) >= 11 is 1.57. The van der Waals surface area contributed by atoms with Gasteiger partial charge in [-0.2, -0.15) is 0 Å². The number of primary sulfonamides is 1. The van der Waals surface area contributed by atoms with Gasteiger partial charge in [-0.25, -0.2) is 13.6 Å². The van der Waals surface area contributed by atoms with Crippen molar-refractivity contribution in [1.82, 2.24) is 15.1 Å². The standard InChI is InChI=1S/C13H17N5O2S2/c14-22(19,20)12-3-1-11(2-4-12)18-7-5-17(6-8-18)9-13-16-15-10-21-13/h1-4,10H,5-9H2,(H2,14,19,20). The first-order chi connectivity index (χ1) is 10.5. The molecule has 2 N–H and O–H groups in total. The number of hydrogen-bond acceptors (Lipinski definition) is 7. The van der Waals surface area contributed by atoms with Crippen LogP contribution in [0.3, 0.4) is 0 Å². The lowest BCUT2D eigenvalue weighted by Gasteiger charge is -2.35. The van der Waals surface area contributed by atoms with Crippen LogP contribution >= 0.6 is 11.3 Å². The van der Waals surface area contributed by atoms with Crippen molar-refractivity contribution in [1.29, 1.82) is 0 Å². The summed E-state index contributed by atoms with van der Waals surface area (Å²) in [4.78, 5) is 4.73. The molecule has 0 bridgehead atoms. The van der Waals surface area contributed by atoms with Crippen LogP contribution in [0.15, 0.2) is 34.7 Å².